The van der Waals surface area contributed by atoms with Crippen LogP contribution in [0.15, 0.2) is 18.2 Å². The van der Waals surface area contributed by atoms with Crippen LogP contribution in [-0.4, -0.2) is 24.0 Å². The number of carbonyl (C=O) groups is 1. The molecule has 2 rings (SSSR count). The lowest BCUT2D eigenvalue weighted by Gasteiger charge is -2.11. The van der Waals surface area contributed by atoms with E-state index in [0.717, 1.165) is 47.8 Å². The van der Waals surface area contributed by atoms with E-state index >= 15 is 0 Å². The van der Waals surface area contributed by atoms with Crippen LogP contribution in [0.25, 0.3) is 0 Å². The monoisotopic (exact) mass is 374 g/mol. The minimum absolute atomic E-state index is 0.110. The Morgan fingerprint density at radius 1 is 1.12 bits per heavy atom. The van der Waals surface area contributed by atoms with Gasteiger partial charge in [0.2, 0.25) is 0 Å². The molecule has 2 aromatic rings. The van der Waals surface area contributed by atoms with Crippen LogP contribution in [0.3, 0.4) is 0 Å². The molecule has 142 valence electrons. The largest absolute Gasteiger partial charge is 0.385 e. The molecule has 0 aliphatic rings. The van der Waals surface area contributed by atoms with E-state index < -0.39 is 0 Å². The molecule has 1 aromatic heterocycles. The quantitative estimate of drug-likeness (QED) is 0.529. The number of nitrogens with zero attached hydrogens (tertiary/aromatic N) is 1. The summed E-state index contributed by atoms with van der Waals surface area (Å²) in [5.41, 5.74) is 9.09. The van der Waals surface area contributed by atoms with Crippen molar-refractivity contribution in [2.24, 2.45) is 5.73 Å². The van der Waals surface area contributed by atoms with E-state index in [1.807, 2.05) is 39.0 Å². The highest BCUT2D eigenvalue weighted by atomic mass is 32.1. The summed E-state index contributed by atoms with van der Waals surface area (Å²) >= 11 is 1.51. The van der Waals surface area contributed by atoms with E-state index in [1.54, 1.807) is 0 Å². The Morgan fingerprint density at radius 3 is 2.54 bits per heavy atom. The van der Waals surface area contributed by atoms with Crippen LogP contribution in [0.1, 0.15) is 58.6 Å². The van der Waals surface area contributed by atoms with Crippen molar-refractivity contribution in [2.45, 2.75) is 52.9 Å². The summed E-state index contributed by atoms with van der Waals surface area (Å²) in [6.45, 7) is 7.61. The number of nitrogens with one attached hydrogen (secondary N) is 2. The summed E-state index contributed by atoms with van der Waals surface area (Å²) in [5, 5.41) is 6.98. The van der Waals surface area contributed by atoms with Crippen LogP contribution in [0.2, 0.25) is 0 Å². The molecule has 6 heteroatoms. The smallest absolute Gasteiger partial charge is 0.257 e. The average molecular weight is 375 g/mol. The molecule has 0 spiro atoms. The third kappa shape index (κ3) is 6.11. The highest BCUT2D eigenvalue weighted by Gasteiger charge is 2.13. The third-order valence-electron chi connectivity index (χ3n) is 4.44. The van der Waals surface area contributed by atoms with Crippen molar-refractivity contribution in [3.05, 3.63) is 39.9 Å². The summed E-state index contributed by atoms with van der Waals surface area (Å²) in [5.74, 6) is -0.110. The third-order valence-corrected chi connectivity index (χ3v) is 5.43. The number of anilines is 2. The van der Waals surface area contributed by atoms with Crippen molar-refractivity contribution in [3.63, 3.8) is 0 Å². The van der Waals surface area contributed by atoms with Gasteiger partial charge in [-0.15, -0.1) is 11.3 Å². The molecule has 0 saturated carbocycles. The Balaban J connectivity index is 1.88. The van der Waals surface area contributed by atoms with Crippen LogP contribution < -0.4 is 16.4 Å². The van der Waals surface area contributed by atoms with Crippen molar-refractivity contribution in [3.8, 4) is 0 Å². The van der Waals surface area contributed by atoms with Crippen LogP contribution in [-0.2, 0) is 0 Å². The second-order valence-corrected chi connectivity index (χ2v) is 7.83. The number of aromatic nitrogens is 1. The van der Waals surface area contributed by atoms with E-state index in [9.17, 15) is 4.79 Å². The predicted octanol–water partition coefficient (Wildman–Crippen LogP) is 4.64. The average Bonchev–Trinajstić information content (AvgIpc) is 2.92. The fourth-order valence-corrected chi connectivity index (χ4v) is 3.51. The zero-order chi connectivity index (χ0) is 18.9. The van der Waals surface area contributed by atoms with Crippen LogP contribution in [0.4, 0.5) is 10.8 Å². The fourth-order valence-electron chi connectivity index (χ4n) is 2.70. The Labute approximate surface area is 160 Å². The maximum absolute atomic E-state index is 12.6. The standard InChI is InChI=1S/C20H30N4OS/c1-14-9-10-17(22-12-8-6-4-5-7-11-21)13-18(14)19(25)24-20-23-15(2)16(3)26-20/h9-10,13,22H,4-8,11-12,21H2,1-3H3,(H,23,24,25). The highest BCUT2D eigenvalue weighted by molar-refractivity contribution is 7.15. The fraction of sp³-hybridized carbons (Fsp3) is 0.500. The molecular weight excluding hydrogens is 344 g/mol. The van der Waals surface area contributed by atoms with E-state index in [2.05, 4.69) is 15.6 Å². The molecule has 0 aliphatic carbocycles. The number of amides is 1. The number of hydrogen-bond donors (Lipinski definition) is 3. The Hall–Kier alpha value is -1.92. The zero-order valence-corrected chi connectivity index (χ0v) is 16.8. The number of thiazole rings is 1. The van der Waals surface area contributed by atoms with Gasteiger partial charge in [0, 0.05) is 22.7 Å². The van der Waals surface area contributed by atoms with Gasteiger partial charge in [-0.05, 0) is 57.9 Å². The molecule has 5 nitrogen and oxygen atoms in total. The first kappa shape index (κ1) is 20.4. The Kier molecular flexibility index (Phi) is 8.06. The molecule has 26 heavy (non-hydrogen) atoms. The molecule has 1 aromatic carbocycles. The first-order valence-corrected chi connectivity index (χ1v) is 10.1. The maximum atomic E-state index is 12.6. The molecule has 0 aliphatic heterocycles. The molecule has 0 unspecified atom stereocenters. The first-order chi connectivity index (χ1) is 12.5. The van der Waals surface area contributed by atoms with E-state index in [1.165, 1.54) is 30.6 Å². The summed E-state index contributed by atoms with van der Waals surface area (Å²) in [7, 11) is 0. The van der Waals surface area contributed by atoms with Crippen LogP contribution >= 0.6 is 11.3 Å². The van der Waals surface area contributed by atoms with Crippen molar-refractivity contribution in [1.82, 2.24) is 4.98 Å². The second-order valence-electron chi connectivity index (χ2n) is 6.63. The Morgan fingerprint density at radius 2 is 1.85 bits per heavy atom. The van der Waals surface area contributed by atoms with Gasteiger partial charge in [0.15, 0.2) is 5.13 Å². The lowest BCUT2D eigenvalue weighted by molar-refractivity contribution is 0.102. The van der Waals surface area contributed by atoms with Crippen LogP contribution in [0.5, 0.6) is 0 Å². The number of hydrogen-bond acceptors (Lipinski definition) is 5. The predicted molar refractivity (Wildman–Crippen MR) is 111 cm³/mol. The molecule has 0 radical (unpaired) electrons. The summed E-state index contributed by atoms with van der Waals surface area (Å²) in [4.78, 5) is 18.1. The number of rotatable bonds is 10. The molecule has 0 atom stereocenters. The Bertz CT molecular complexity index is 707. The van der Waals surface area contributed by atoms with Gasteiger partial charge in [-0.25, -0.2) is 4.98 Å². The highest BCUT2D eigenvalue weighted by Crippen LogP contribution is 2.23. The first-order valence-electron chi connectivity index (χ1n) is 9.31. The van der Waals surface area contributed by atoms with Gasteiger partial charge in [-0.2, -0.15) is 0 Å². The number of unbranched alkanes of at least 4 members (excludes halogenated alkanes) is 4. The SMILES string of the molecule is Cc1ccc(NCCCCCCCN)cc1C(=O)Nc1nc(C)c(C)s1. The summed E-state index contributed by atoms with van der Waals surface area (Å²) in [6.07, 6.45) is 5.88. The van der Waals surface area contributed by atoms with Gasteiger partial charge in [-0.1, -0.05) is 25.3 Å². The van der Waals surface area contributed by atoms with E-state index in [-0.39, 0.29) is 5.91 Å². The maximum Gasteiger partial charge on any atom is 0.257 e. The van der Waals surface area contributed by atoms with Crippen molar-refractivity contribution in [2.75, 3.05) is 23.7 Å². The van der Waals surface area contributed by atoms with Gasteiger partial charge in [0.1, 0.15) is 0 Å². The molecular formula is C20H30N4OS. The van der Waals surface area contributed by atoms with Crippen LogP contribution in [0, 0.1) is 20.8 Å². The molecule has 1 amide bonds. The summed E-state index contributed by atoms with van der Waals surface area (Å²) < 4.78 is 0. The van der Waals surface area contributed by atoms with Gasteiger partial charge >= 0.3 is 0 Å². The van der Waals surface area contributed by atoms with Crippen molar-refractivity contribution < 1.29 is 4.79 Å². The van der Waals surface area contributed by atoms with Crippen molar-refractivity contribution >= 4 is 28.1 Å². The molecule has 0 bridgehead atoms. The normalized spacial score (nSPS) is 10.8. The molecule has 1 heterocycles. The van der Waals surface area contributed by atoms with E-state index in [4.69, 9.17) is 5.73 Å². The topological polar surface area (TPSA) is 80.0 Å². The van der Waals surface area contributed by atoms with Gasteiger partial charge in [0.25, 0.3) is 5.91 Å². The number of benzene rings is 1. The van der Waals surface area contributed by atoms with Gasteiger partial charge < -0.3 is 11.1 Å². The minimum Gasteiger partial charge on any atom is -0.385 e. The van der Waals surface area contributed by atoms with Gasteiger partial charge in [0.05, 0.1) is 5.69 Å². The lowest BCUT2D eigenvalue weighted by atomic mass is 10.1. The lowest BCUT2D eigenvalue weighted by Crippen LogP contribution is -2.14. The van der Waals surface area contributed by atoms with E-state index in [0.29, 0.717) is 10.7 Å². The number of carbonyl (C=O) groups excluding carboxylic acids is 1. The van der Waals surface area contributed by atoms with Crippen molar-refractivity contribution in [1.29, 1.82) is 0 Å². The van der Waals surface area contributed by atoms with Gasteiger partial charge in [-0.3, -0.25) is 10.1 Å². The number of aryl methyl sites for hydroxylation is 3. The molecule has 4 N–H and O–H groups in total. The molecule has 0 saturated heterocycles. The number of nitrogens with two attached hydrogens (primary N) is 1. The molecule has 0 fully saturated rings. The minimum atomic E-state index is -0.110. The second kappa shape index (κ2) is 10.3. The zero-order valence-electron chi connectivity index (χ0n) is 16.0. The summed E-state index contributed by atoms with van der Waals surface area (Å²) in [6, 6.07) is 5.93.